The molecule has 0 bridgehead atoms. The zero-order chi connectivity index (χ0) is 13.4. The minimum atomic E-state index is -0.101. The van der Waals surface area contributed by atoms with Crippen LogP contribution in [0.4, 0.5) is 0 Å². The maximum Gasteiger partial charge on any atom is 0.343 e. The minimum Gasteiger partial charge on any atom is -0.316 e. The Labute approximate surface area is 113 Å². The first-order valence-corrected chi connectivity index (χ1v) is 7.66. The highest BCUT2D eigenvalue weighted by Gasteiger charge is 2.10. The molecule has 104 valence electrons. The lowest BCUT2D eigenvalue weighted by molar-refractivity contribution is 0.554. The molecule has 0 radical (unpaired) electrons. The number of thioether (sulfide) groups is 1. The minimum absolute atomic E-state index is 0.101. The van der Waals surface area contributed by atoms with Crippen LogP contribution < -0.4 is 11.0 Å². The van der Waals surface area contributed by atoms with Crippen molar-refractivity contribution < 1.29 is 0 Å². The van der Waals surface area contributed by atoms with Gasteiger partial charge < -0.3 is 5.32 Å². The second kappa shape index (κ2) is 8.37. The van der Waals surface area contributed by atoms with E-state index in [9.17, 15) is 4.79 Å². The Hall–Kier alpha value is -0.750. The molecule has 0 aliphatic carbocycles. The first-order valence-electron chi connectivity index (χ1n) is 6.67. The number of hydrogen-bond donors (Lipinski definition) is 2. The molecule has 0 saturated carbocycles. The molecule has 6 heteroatoms. The average Bonchev–Trinajstić information content (AvgIpc) is 2.69. The fourth-order valence-corrected chi connectivity index (χ4v) is 2.63. The molecule has 5 nitrogen and oxygen atoms in total. The predicted molar refractivity (Wildman–Crippen MR) is 76.2 cm³/mol. The quantitative estimate of drug-likeness (QED) is 0.530. The molecule has 1 aromatic heterocycles. The lowest BCUT2D eigenvalue weighted by atomic mass is 10.2. The summed E-state index contributed by atoms with van der Waals surface area (Å²) in [6.07, 6.45) is 2.11. The van der Waals surface area contributed by atoms with Crippen molar-refractivity contribution in [1.29, 1.82) is 0 Å². The summed E-state index contributed by atoms with van der Waals surface area (Å²) in [5.74, 6) is 1.55. The summed E-state index contributed by atoms with van der Waals surface area (Å²) in [6.45, 7) is 9.26. The van der Waals surface area contributed by atoms with E-state index in [1.807, 2.05) is 0 Å². The van der Waals surface area contributed by atoms with Gasteiger partial charge in [-0.1, -0.05) is 32.5 Å². The van der Waals surface area contributed by atoms with Crippen molar-refractivity contribution in [3.63, 3.8) is 0 Å². The van der Waals surface area contributed by atoms with Crippen molar-refractivity contribution in [2.24, 2.45) is 5.92 Å². The molecular formula is C12H24N4OS. The number of H-pyrrole nitrogens is 1. The molecule has 0 saturated heterocycles. The van der Waals surface area contributed by atoms with Crippen LogP contribution in [0, 0.1) is 5.92 Å². The molecule has 0 fully saturated rings. The molecule has 1 unspecified atom stereocenters. The largest absolute Gasteiger partial charge is 0.343 e. The van der Waals surface area contributed by atoms with Crippen LogP contribution in [-0.2, 0) is 6.54 Å². The van der Waals surface area contributed by atoms with E-state index < -0.39 is 0 Å². The number of nitrogens with one attached hydrogen (secondary N) is 2. The van der Waals surface area contributed by atoms with Gasteiger partial charge in [0.15, 0.2) is 5.16 Å². The highest BCUT2D eigenvalue weighted by atomic mass is 32.2. The summed E-state index contributed by atoms with van der Waals surface area (Å²) in [5, 5.41) is 10.8. The number of aromatic nitrogens is 3. The Morgan fingerprint density at radius 3 is 2.89 bits per heavy atom. The van der Waals surface area contributed by atoms with Crippen LogP contribution in [0.25, 0.3) is 0 Å². The highest BCUT2D eigenvalue weighted by molar-refractivity contribution is 7.99. The maximum absolute atomic E-state index is 11.5. The SMILES string of the molecule is CCCNCC(C)CSc1n[nH]c(=O)n1CCC. The molecule has 0 aliphatic heterocycles. The van der Waals surface area contributed by atoms with Gasteiger partial charge in [-0.25, -0.2) is 9.89 Å². The van der Waals surface area contributed by atoms with Crippen LogP contribution in [-0.4, -0.2) is 33.6 Å². The van der Waals surface area contributed by atoms with E-state index >= 15 is 0 Å². The van der Waals surface area contributed by atoms with Gasteiger partial charge in [-0.3, -0.25) is 4.57 Å². The highest BCUT2D eigenvalue weighted by Crippen LogP contribution is 2.16. The molecule has 18 heavy (non-hydrogen) atoms. The number of hydrogen-bond acceptors (Lipinski definition) is 4. The van der Waals surface area contributed by atoms with Crippen LogP contribution in [0.5, 0.6) is 0 Å². The molecule has 0 amide bonds. The van der Waals surface area contributed by atoms with Gasteiger partial charge in [0.05, 0.1) is 0 Å². The first kappa shape index (κ1) is 15.3. The zero-order valence-corrected chi connectivity index (χ0v) is 12.3. The molecule has 1 atom stereocenters. The summed E-state index contributed by atoms with van der Waals surface area (Å²) in [7, 11) is 0. The Morgan fingerprint density at radius 2 is 2.22 bits per heavy atom. The van der Waals surface area contributed by atoms with E-state index in [1.165, 1.54) is 0 Å². The van der Waals surface area contributed by atoms with Crippen LogP contribution in [0.2, 0.25) is 0 Å². The fraction of sp³-hybridized carbons (Fsp3) is 0.833. The van der Waals surface area contributed by atoms with Gasteiger partial charge in [-0.15, -0.1) is 5.10 Å². The molecule has 1 aromatic rings. The molecule has 1 rings (SSSR count). The van der Waals surface area contributed by atoms with Crippen molar-refractivity contribution >= 4 is 11.8 Å². The number of rotatable bonds is 9. The molecule has 0 spiro atoms. The van der Waals surface area contributed by atoms with Crippen molar-refractivity contribution in [2.75, 3.05) is 18.8 Å². The van der Waals surface area contributed by atoms with Crippen molar-refractivity contribution in [1.82, 2.24) is 20.1 Å². The van der Waals surface area contributed by atoms with E-state index in [-0.39, 0.29) is 5.69 Å². The smallest absolute Gasteiger partial charge is 0.316 e. The summed E-state index contributed by atoms with van der Waals surface area (Å²) in [5.41, 5.74) is -0.101. The third-order valence-corrected chi connectivity index (χ3v) is 3.89. The van der Waals surface area contributed by atoms with Gasteiger partial charge in [-0.05, 0) is 31.8 Å². The van der Waals surface area contributed by atoms with E-state index in [0.29, 0.717) is 5.92 Å². The van der Waals surface area contributed by atoms with E-state index in [4.69, 9.17) is 0 Å². The topological polar surface area (TPSA) is 62.7 Å². The monoisotopic (exact) mass is 272 g/mol. The molecular weight excluding hydrogens is 248 g/mol. The van der Waals surface area contributed by atoms with Gasteiger partial charge in [0.25, 0.3) is 0 Å². The Balaban J connectivity index is 2.40. The van der Waals surface area contributed by atoms with Crippen LogP contribution in [0.3, 0.4) is 0 Å². The second-order valence-corrected chi connectivity index (χ2v) is 5.57. The Morgan fingerprint density at radius 1 is 1.44 bits per heavy atom. The first-order chi connectivity index (χ1) is 8.69. The zero-order valence-electron chi connectivity index (χ0n) is 11.5. The van der Waals surface area contributed by atoms with E-state index in [1.54, 1.807) is 16.3 Å². The average molecular weight is 272 g/mol. The van der Waals surface area contributed by atoms with Crippen LogP contribution in [0.1, 0.15) is 33.6 Å². The van der Waals surface area contributed by atoms with Crippen molar-refractivity contribution in [3.05, 3.63) is 10.5 Å². The molecule has 2 N–H and O–H groups in total. The molecule has 1 heterocycles. The fourth-order valence-electron chi connectivity index (χ4n) is 1.64. The number of nitrogens with zero attached hydrogens (tertiary/aromatic N) is 2. The lowest BCUT2D eigenvalue weighted by Gasteiger charge is -2.11. The van der Waals surface area contributed by atoms with Gasteiger partial charge in [0, 0.05) is 12.3 Å². The molecule has 0 aliphatic rings. The third-order valence-electron chi connectivity index (χ3n) is 2.59. The normalized spacial score (nSPS) is 12.8. The third kappa shape index (κ3) is 4.86. The maximum atomic E-state index is 11.5. The summed E-state index contributed by atoms with van der Waals surface area (Å²) >= 11 is 1.65. The Kier molecular flexibility index (Phi) is 7.12. The van der Waals surface area contributed by atoms with Gasteiger partial charge >= 0.3 is 5.69 Å². The van der Waals surface area contributed by atoms with Crippen LogP contribution in [0.15, 0.2) is 9.95 Å². The Bertz CT molecular complexity index is 388. The molecule has 0 aromatic carbocycles. The van der Waals surface area contributed by atoms with E-state index in [0.717, 1.165) is 43.4 Å². The standard InChI is InChI=1S/C12H24N4OS/c1-4-6-13-8-10(3)9-18-12-15-14-11(17)16(12)7-5-2/h10,13H,4-9H2,1-3H3,(H,14,17). The number of aromatic amines is 1. The second-order valence-electron chi connectivity index (χ2n) is 4.58. The summed E-state index contributed by atoms with van der Waals surface area (Å²) in [6, 6.07) is 0. The van der Waals surface area contributed by atoms with Gasteiger partial charge in [-0.2, -0.15) is 0 Å². The summed E-state index contributed by atoms with van der Waals surface area (Å²) < 4.78 is 1.72. The predicted octanol–water partition coefficient (Wildman–Crippen LogP) is 1.71. The van der Waals surface area contributed by atoms with Crippen molar-refractivity contribution in [3.8, 4) is 0 Å². The van der Waals surface area contributed by atoms with Gasteiger partial charge in [0.1, 0.15) is 0 Å². The summed E-state index contributed by atoms with van der Waals surface area (Å²) in [4.78, 5) is 11.5. The van der Waals surface area contributed by atoms with E-state index in [2.05, 4.69) is 36.3 Å². The van der Waals surface area contributed by atoms with Crippen molar-refractivity contribution in [2.45, 2.75) is 45.3 Å². The van der Waals surface area contributed by atoms with Gasteiger partial charge in [0.2, 0.25) is 0 Å². The lowest BCUT2D eigenvalue weighted by Crippen LogP contribution is -2.23. The van der Waals surface area contributed by atoms with Crippen LogP contribution >= 0.6 is 11.8 Å².